The SMILES string of the molecule is COC(=O)C(C(=O)OC)c1cc(NC(=O)c2ccccc2)ccc1OC. The summed E-state index contributed by atoms with van der Waals surface area (Å²) in [6.07, 6.45) is 0. The third-order valence-corrected chi connectivity index (χ3v) is 3.71. The topological polar surface area (TPSA) is 90.9 Å². The number of esters is 2. The number of nitrogens with one attached hydrogen (secondary N) is 1. The van der Waals surface area contributed by atoms with E-state index in [0.717, 1.165) is 0 Å². The van der Waals surface area contributed by atoms with Crippen molar-refractivity contribution in [2.24, 2.45) is 0 Å². The number of ether oxygens (including phenoxy) is 3. The van der Waals surface area contributed by atoms with Gasteiger partial charge in [0.2, 0.25) is 0 Å². The van der Waals surface area contributed by atoms with Crippen LogP contribution < -0.4 is 10.1 Å². The van der Waals surface area contributed by atoms with Gasteiger partial charge in [0, 0.05) is 16.8 Å². The van der Waals surface area contributed by atoms with Crippen molar-refractivity contribution in [2.45, 2.75) is 5.92 Å². The highest BCUT2D eigenvalue weighted by atomic mass is 16.5. The second-order valence-electron chi connectivity index (χ2n) is 5.26. The lowest BCUT2D eigenvalue weighted by Crippen LogP contribution is -2.25. The van der Waals surface area contributed by atoms with Crippen molar-refractivity contribution in [3.63, 3.8) is 0 Å². The lowest BCUT2D eigenvalue weighted by Gasteiger charge is -2.17. The fourth-order valence-corrected chi connectivity index (χ4v) is 2.42. The van der Waals surface area contributed by atoms with Crippen molar-refractivity contribution >= 4 is 23.5 Å². The summed E-state index contributed by atoms with van der Waals surface area (Å²) >= 11 is 0. The van der Waals surface area contributed by atoms with Gasteiger partial charge in [0.25, 0.3) is 5.91 Å². The summed E-state index contributed by atoms with van der Waals surface area (Å²) in [6.45, 7) is 0. The predicted octanol–water partition coefficient (Wildman–Crippen LogP) is 2.38. The molecule has 0 atom stereocenters. The van der Waals surface area contributed by atoms with E-state index in [4.69, 9.17) is 14.2 Å². The molecule has 1 amide bonds. The first-order valence-electron chi connectivity index (χ1n) is 7.71. The standard InChI is InChI=1S/C19H19NO6/c1-24-15-10-9-13(20-17(21)12-7-5-4-6-8-12)11-14(15)16(18(22)25-2)19(23)26-3/h4-11,16H,1-3H3,(H,20,21). The lowest BCUT2D eigenvalue weighted by molar-refractivity contribution is -0.154. The van der Waals surface area contributed by atoms with Crippen molar-refractivity contribution < 1.29 is 28.6 Å². The van der Waals surface area contributed by atoms with Gasteiger partial charge in [-0.2, -0.15) is 0 Å². The summed E-state index contributed by atoms with van der Waals surface area (Å²) in [5, 5.41) is 2.72. The molecule has 7 nitrogen and oxygen atoms in total. The summed E-state index contributed by atoms with van der Waals surface area (Å²) in [4.78, 5) is 36.4. The third kappa shape index (κ3) is 4.18. The minimum atomic E-state index is -1.33. The van der Waals surface area contributed by atoms with E-state index in [2.05, 4.69) is 5.32 Å². The van der Waals surface area contributed by atoms with Gasteiger partial charge in [-0.25, -0.2) is 0 Å². The molecule has 0 aromatic heterocycles. The molecule has 0 heterocycles. The highest BCUT2D eigenvalue weighted by molar-refractivity contribution is 6.05. The lowest BCUT2D eigenvalue weighted by atomic mass is 9.97. The number of hydrogen-bond donors (Lipinski definition) is 1. The van der Waals surface area contributed by atoms with Crippen molar-refractivity contribution in [2.75, 3.05) is 26.6 Å². The van der Waals surface area contributed by atoms with Gasteiger partial charge in [0.1, 0.15) is 5.75 Å². The summed E-state index contributed by atoms with van der Waals surface area (Å²) in [5.74, 6) is -2.94. The molecule has 0 unspecified atom stereocenters. The molecule has 0 bridgehead atoms. The summed E-state index contributed by atoms with van der Waals surface area (Å²) in [6, 6.07) is 13.3. The molecular weight excluding hydrogens is 338 g/mol. The Kier molecular flexibility index (Phi) is 6.32. The van der Waals surface area contributed by atoms with Gasteiger partial charge in [-0.3, -0.25) is 14.4 Å². The molecule has 0 aliphatic carbocycles. The quantitative estimate of drug-likeness (QED) is 0.630. The zero-order valence-corrected chi connectivity index (χ0v) is 14.6. The fourth-order valence-electron chi connectivity index (χ4n) is 2.42. The molecule has 0 radical (unpaired) electrons. The van der Waals surface area contributed by atoms with E-state index < -0.39 is 17.9 Å². The Morgan fingerprint density at radius 1 is 0.885 bits per heavy atom. The number of methoxy groups -OCH3 is 3. The minimum Gasteiger partial charge on any atom is -0.496 e. The maximum absolute atomic E-state index is 12.3. The van der Waals surface area contributed by atoms with E-state index >= 15 is 0 Å². The maximum atomic E-state index is 12.3. The molecule has 0 aliphatic rings. The Bertz CT molecular complexity index is 787. The molecule has 2 aromatic rings. The molecule has 0 saturated heterocycles. The van der Waals surface area contributed by atoms with Crippen LogP contribution in [0.25, 0.3) is 0 Å². The molecule has 136 valence electrons. The van der Waals surface area contributed by atoms with E-state index in [1.165, 1.54) is 27.4 Å². The van der Waals surface area contributed by atoms with Gasteiger partial charge >= 0.3 is 11.9 Å². The molecule has 1 N–H and O–H groups in total. The van der Waals surface area contributed by atoms with Crippen LogP contribution in [0.3, 0.4) is 0 Å². The van der Waals surface area contributed by atoms with Crippen LogP contribution in [-0.4, -0.2) is 39.2 Å². The molecule has 0 saturated carbocycles. The molecule has 2 aromatic carbocycles. The van der Waals surface area contributed by atoms with Crippen LogP contribution in [-0.2, 0) is 19.1 Å². The Morgan fingerprint density at radius 3 is 2.04 bits per heavy atom. The van der Waals surface area contributed by atoms with Crippen LogP contribution in [0.5, 0.6) is 5.75 Å². The Morgan fingerprint density at radius 2 is 1.50 bits per heavy atom. The van der Waals surface area contributed by atoms with Crippen LogP contribution in [0.2, 0.25) is 0 Å². The smallest absolute Gasteiger partial charge is 0.324 e. The van der Waals surface area contributed by atoms with Gasteiger partial charge < -0.3 is 19.5 Å². The first-order chi connectivity index (χ1) is 12.5. The first kappa shape index (κ1) is 19.0. The predicted molar refractivity (Wildman–Crippen MR) is 94.2 cm³/mol. The minimum absolute atomic E-state index is 0.233. The van der Waals surface area contributed by atoms with Crippen molar-refractivity contribution in [3.05, 3.63) is 59.7 Å². The number of rotatable bonds is 6. The van der Waals surface area contributed by atoms with Crippen LogP contribution in [0, 0.1) is 0 Å². The normalized spacial score (nSPS) is 10.2. The molecule has 7 heteroatoms. The van der Waals surface area contributed by atoms with Crippen LogP contribution in [0.15, 0.2) is 48.5 Å². The molecule has 0 spiro atoms. The zero-order valence-electron chi connectivity index (χ0n) is 14.6. The molecule has 2 rings (SSSR count). The van der Waals surface area contributed by atoms with E-state index in [-0.39, 0.29) is 11.5 Å². The summed E-state index contributed by atoms with van der Waals surface area (Å²) in [7, 11) is 3.75. The Labute approximate surface area is 150 Å². The second kappa shape index (κ2) is 8.66. The molecule has 0 aliphatic heterocycles. The Balaban J connectivity index is 2.39. The second-order valence-corrected chi connectivity index (χ2v) is 5.26. The van der Waals surface area contributed by atoms with Gasteiger partial charge in [0.15, 0.2) is 5.92 Å². The van der Waals surface area contributed by atoms with Crippen molar-refractivity contribution in [1.82, 2.24) is 0 Å². The summed E-state index contributed by atoms with van der Waals surface area (Å²) in [5.41, 5.74) is 1.10. The van der Waals surface area contributed by atoms with Gasteiger partial charge in [-0.05, 0) is 30.3 Å². The Hall–Kier alpha value is -3.35. The average Bonchev–Trinajstić information content (AvgIpc) is 2.68. The third-order valence-electron chi connectivity index (χ3n) is 3.71. The highest BCUT2D eigenvalue weighted by Crippen LogP contribution is 2.31. The number of carbonyl (C=O) groups excluding carboxylic acids is 3. The van der Waals surface area contributed by atoms with E-state index in [0.29, 0.717) is 17.0 Å². The molecular formula is C19H19NO6. The first-order valence-corrected chi connectivity index (χ1v) is 7.71. The van der Waals surface area contributed by atoms with Crippen molar-refractivity contribution in [3.8, 4) is 5.75 Å². The number of hydrogen-bond acceptors (Lipinski definition) is 6. The zero-order chi connectivity index (χ0) is 19.1. The number of anilines is 1. The van der Waals surface area contributed by atoms with Gasteiger partial charge in [-0.15, -0.1) is 0 Å². The van der Waals surface area contributed by atoms with Crippen LogP contribution >= 0.6 is 0 Å². The summed E-state index contributed by atoms with van der Waals surface area (Å²) < 4.78 is 14.6. The van der Waals surface area contributed by atoms with Crippen LogP contribution in [0.1, 0.15) is 21.8 Å². The molecule has 0 fully saturated rings. The van der Waals surface area contributed by atoms with Crippen molar-refractivity contribution in [1.29, 1.82) is 0 Å². The maximum Gasteiger partial charge on any atom is 0.324 e. The van der Waals surface area contributed by atoms with E-state index in [9.17, 15) is 14.4 Å². The van der Waals surface area contributed by atoms with Crippen LogP contribution in [0.4, 0.5) is 5.69 Å². The number of carbonyl (C=O) groups is 3. The number of benzene rings is 2. The number of amides is 1. The van der Waals surface area contributed by atoms with E-state index in [1.54, 1.807) is 42.5 Å². The van der Waals surface area contributed by atoms with Gasteiger partial charge in [-0.1, -0.05) is 18.2 Å². The van der Waals surface area contributed by atoms with Gasteiger partial charge in [0.05, 0.1) is 21.3 Å². The average molecular weight is 357 g/mol. The largest absolute Gasteiger partial charge is 0.496 e. The highest BCUT2D eigenvalue weighted by Gasteiger charge is 2.33. The molecule has 26 heavy (non-hydrogen) atoms. The monoisotopic (exact) mass is 357 g/mol. The fraction of sp³-hybridized carbons (Fsp3) is 0.211. The van der Waals surface area contributed by atoms with E-state index in [1.807, 2.05) is 0 Å².